The Bertz CT molecular complexity index is 553. The molecule has 0 aliphatic carbocycles. The highest BCUT2D eigenvalue weighted by atomic mass is 35.5. The lowest BCUT2D eigenvalue weighted by molar-refractivity contribution is -0.159. The SMILES string of the molecule is CN1C2CCC1CC(Oc1cccc(Cl)c1)C2.O=C(O)C(=O)O. The third kappa shape index (κ3) is 4.84. The Morgan fingerprint density at radius 1 is 1.17 bits per heavy atom. The van der Waals surface area contributed by atoms with E-state index < -0.39 is 11.9 Å². The summed E-state index contributed by atoms with van der Waals surface area (Å²) in [4.78, 5) is 20.7. The smallest absolute Gasteiger partial charge is 0.414 e. The van der Waals surface area contributed by atoms with E-state index in [0.717, 1.165) is 35.7 Å². The largest absolute Gasteiger partial charge is 0.490 e. The van der Waals surface area contributed by atoms with Gasteiger partial charge < -0.3 is 19.8 Å². The van der Waals surface area contributed by atoms with E-state index in [0.29, 0.717) is 6.10 Å². The van der Waals surface area contributed by atoms with Gasteiger partial charge in [-0.05, 0) is 50.9 Å². The minimum atomic E-state index is -1.82. The molecule has 7 heteroatoms. The number of carbonyl (C=O) groups is 2. The molecule has 2 bridgehead atoms. The van der Waals surface area contributed by atoms with Gasteiger partial charge in [-0.1, -0.05) is 17.7 Å². The van der Waals surface area contributed by atoms with Gasteiger partial charge in [0.15, 0.2) is 0 Å². The predicted molar refractivity (Wildman–Crippen MR) is 84.9 cm³/mol. The number of carboxylic acid groups (broad SMARTS) is 2. The molecule has 0 amide bonds. The maximum atomic E-state index is 9.10. The third-order valence-corrected chi connectivity index (χ3v) is 4.57. The fourth-order valence-corrected chi connectivity index (χ4v) is 3.37. The van der Waals surface area contributed by atoms with Crippen LogP contribution in [0.15, 0.2) is 24.3 Å². The van der Waals surface area contributed by atoms with Crippen molar-refractivity contribution in [1.29, 1.82) is 0 Å². The molecular weight excluding hydrogens is 322 g/mol. The monoisotopic (exact) mass is 341 g/mol. The van der Waals surface area contributed by atoms with Crippen LogP contribution in [0, 0.1) is 0 Å². The molecule has 2 N–H and O–H groups in total. The summed E-state index contributed by atoms with van der Waals surface area (Å²) in [5.41, 5.74) is 0. The van der Waals surface area contributed by atoms with Crippen LogP contribution < -0.4 is 4.74 Å². The van der Waals surface area contributed by atoms with Crippen molar-refractivity contribution in [3.05, 3.63) is 29.3 Å². The van der Waals surface area contributed by atoms with Crippen molar-refractivity contribution in [2.45, 2.75) is 43.9 Å². The normalized spacial score (nSPS) is 26.1. The zero-order valence-electron chi connectivity index (χ0n) is 12.8. The van der Waals surface area contributed by atoms with Gasteiger partial charge in [0, 0.05) is 17.1 Å². The number of piperidine rings is 1. The zero-order chi connectivity index (χ0) is 17.0. The van der Waals surface area contributed by atoms with Crippen molar-refractivity contribution >= 4 is 23.5 Å². The molecule has 2 aliphatic heterocycles. The highest BCUT2D eigenvalue weighted by Gasteiger charge is 2.39. The molecule has 1 aromatic carbocycles. The van der Waals surface area contributed by atoms with Crippen molar-refractivity contribution in [3.8, 4) is 5.75 Å². The van der Waals surface area contributed by atoms with E-state index in [1.54, 1.807) is 0 Å². The van der Waals surface area contributed by atoms with Crippen molar-refractivity contribution < 1.29 is 24.5 Å². The number of carboxylic acids is 2. The lowest BCUT2D eigenvalue weighted by atomic mass is 10.0. The Hall–Kier alpha value is -1.79. The van der Waals surface area contributed by atoms with Crippen LogP contribution in [0.25, 0.3) is 0 Å². The topological polar surface area (TPSA) is 87.1 Å². The lowest BCUT2D eigenvalue weighted by Crippen LogP contribution is -2.43. The molecule has 2 saturated heterocycles. The number of fused-ring (bicyclic) bond motifs is 2. The molecule has 2 heterocycles. The van der Waals surface area contributed by atoms with Gasteiger partial charge >= 0.3 is 11.9 Å². The molecule has 1 aromatic rings. The van der Waals surface area contributed by atoms with Crippen LogP contribution in [-0.4, -0.2) is 52.3 Å². The summed E-state index contributed by atoms with van der Waals surface area (Å²) < 4.78 is 6.05. The summed E-state index contributed by atoms with van der Waals surface area (Å²) >= 11 is 5.97. The third-order valence-electron chi connectivity index (χ3n) is 4.34. The first-order valence-corrected chi connectivity index (χ1v) is 7.85. The molecule has 2 atom stereocenters. The zero-order valence-corrected chi connectivity index (χ0v) is 13.6. The van der Waals surface area contributed by atoms with Crippen LogP contribution >= 0.6 is 11.6 Å². The highest BCUT2D eigenvalue weighted by molar-refractivity contribution is 6.30. The summed E-state index contributed by atoms with van der Waals surface area (Å²) in [6, 6.07) is 9.16. The van der Waals surface area contributed by atoms with E-state index in [2.05, 4.69) is 11.9 Å². The number of rotatable bonds is 2. The number of aliphatic carboxylic acids is 2. The first-order valence-electron chi connectivity index (χ1n) is 7.47. The number of nitrogens with zero attached hydrogens (tertiary/aromatic N) is 1. The molecule has 2 aliphatic rings. The second kappa shape index (κ2) is 7.66. The molecule has 0 spiro atoms. The van der Waals surface area contributed by atoms with Gasteiger partial charge in [-0.3, -0.25) is 0 Å². The van der Waals surface area contributed by atoms with Crippen LogP contribution in [0.5, 0.6) is 5.75 Å². The minimum Gasteiger partial charge on any atom is -0.490 e. The van der Waals surface area contributed by atoms with Crippen molar-refractivity contribution in [1.82, 2.24) is 4.90 Å². The Balaban J connectivity index is 0.000000277. The van der Waals surface area contributed by atoms with Gasteiger partial charge in [0.05, 0.1) is 0 Å². The van der Waals surface area contributed by atoms with Gasteiger partial charge in [-0.25, -0.2) is 9.59 Å². The second-order valence-corrected chi connectivity index (χ2v) is 6.27. The van der Waals surface area contributed by atoms with E-state index in [1.165, 1.54) is 12.8 Å². The van der Waals surface area contributed by atoms with E-state index in [1.807, 2.05) is 24.3 Å². The summed E-state index contributed by atoms with van der Waals surface area (Å²) in [5, 5.41) is 15.5. The van der Waals surface area contributed by atoms with Crippen LogP contribution in [0.2, 0.25) is 5.02 Å². The van der Waals surface area contributed by atoms with Crippen molar-refractivity contribution in [2.24, 2.45) is 0 Å². The van der Waals surface area contributed by atoms with Gasteiger partial charge in [-0.2, -0.15) is 0 Å². The number of hydrogen-bond donors (Lipinski definition) is 2. The highest BCUT2D eigenvalue weighted by Crippen LogP contribution is 2.36. The molecule has 0 aromatic heterocycles. The van der Waals surface area contributed by atoms with Crippen LogP contribution in [0.1, 0.15) is 25.7 Å². The average Bonchev–Trinajstić information content (AvgIpc) is 2.71. The van der Waals surface area contributed by atoms with Gasteiger partial charge in [0.25, 0.3) is 0 Å². The fourth-order valence-electron chi connectivity index (χ4n) is 3.19. The molecule has 0 radical (unpaired) electrons. The van der Waals surface area contributed by atoms with E-state index in [-0.39, 0.29) is 0 Å². The minimum absolute atomic E-state index is 0.363. The lowest BCUT2D eigenvalue weighted by Gasteiger charge is -2.36. The summed E-state index contributed by atoms with van der Waals surface area (Å²) in [6.07, 6.45) is 5.33. The van der Waals surface area contributed by atoms with Crippen LogP contribution in [0.4, 0.5) is 0 Å². The van der Waals surface area contributed by atoms with Crippen molar-refractivity contribution in [3.63, 3.8) is 0 Å². The quantitative estimate of drug-likeness (QED) is 0.804. The molecular formula is C16H20ClNO5. The molecule has 23 heavy (non-hydrogen) atoms. The van der Waals surface area contributed by atoms with Gasteiger partial charge in [0.2, 0.25) is 0 Å². The summed E-state index contributed by atoms with van der Waals surface area (Å²) in [7, 11) is 2.25. The van der Waals surface area contributed by atoms with Crippen LogP contribution in [0.3, 0.4) is 0 Å². The molecule has 0 saturated carbocycles. The van der Waals surface area contributed by atoms with E-state index in [4.69, 9.17) is 36.1 Å². The van der Waals surface area contributed by atoms with Gasteiger partial charge in [-0.15, -0.1) is 0 Å². The summed E-state index contributed by atoms with van der Waals surface area (Å²) in [6.45, 7) is 0. The Labute approximate surface area is 139 Å². The van der Waals surface area contributed by atoms with E-state index >= 15 is 0 Å². The van der Waals surface area contributed by atoms with Crippen molar-refractivity contribution in [2.75, 3.05) is 7.05 Å². The number of hydrogen-bond acceptors (Lipinski definition) is 4. The Morgan fingerprint density at radius 3 is 2.22 bits per heavy atom. The Kier molecular flexibility index (Phi) is 5.85. The summed E-state index contributed by atoms with van der Waals surface area (Å²) in [5.74, 6) is -2.74. The van der Waals surface area contributed by atoms with Gasteiger partial charge in [0.1, 0.15) is 11.9 Å². The number of ether oxygens (including phenoxy) is 1. The number of halogens is 1. The van der Waals surface area contributed by atoms with E-state index in [9.17, 15) is 0 Å². The molecule has 2 fully saturated rings. The molecule has 3 rings (SSSR count). The molecule has 2 unspecified atom stereocenters. The standard InChI is InChI=1S/C14H18ClNO.C2H2O4/c1-16-11-5-6-12(16)9-14(8-11)17-13-4-2-3-10(15)7-13;3-1(4)2(5)6/h2-4,7,11-12,14H,5-6,8-9H2,1H3;(H,3,4)(H,5,6). The predicted octanol–water partition coefficient (Wildman–Crippen LogP) is 2.50. The van der Waals surface area contributed by atoms with Crippen LogP contribution in [-0.2, 0) is 9.59 Å². The first kappa shape index (κ1) is 17.6. The average molecular weight is 342 g/mol. The number of benzene rings is 1. The fraction of sp³-hybridized carbons (Fsp3) is 0.500. The maximum absolute atomic E-state index is 9.10. The Morgan fingerprint density at radius 2 is 1.74 bits per heavy atom. The molecule has 6 nitrogen and oxygen atoms in total. The first-order chi connectivity index (χ1) is 10.9. The maximum Gasteiger partial charge on any atom is 0.414 e. The second-order valence-electron chi connectivity index (χ2n) is 5.83. The molecule has 126 valence electrons.